The van der Waals surface area contributed by atoms with Gasteiger partial charge in [-0.25, -0.2) is 0 Å². The van der Waals surface area contributed by atoms with E-state index in [4.69, 9.17) is 9.47 Å². The Morgan fingerprint density at radius 2 is 1.31 bits per heavy atom. The summed E-state index contributed by atoms with van der Waals surface area (Å²) in [5.41, 5.74) is 1.24. The topological polar surface area (TPSA) is 18.5 Å². The molecular formula is C23H25O2P. The molecule has 0 radical (unpaired) electrons. The van der Waals surface area contributed by atoms with Gasteiger partial charge in [-0.15, -0.1) is 0 Å². The van der Waals surface area contributed by atoms with Crippen LogP contribution < -0.4 is 15.9 Å². The Morgan fingerprint density at radius 1 is 0.769 bits per heavy atom. The molecule has 1 unspecified atom stereocenters. The number of ether oxygens (including phenoxy) is 2. The Morgan fingerprint density at radius 3 is 1.88 bits per heavy atom. The van der Waals surface area contributed by atoms with E-state index in [1.165, 1.54) is 21.5 Å². The molecule has 0 aliphatic carbocycles. The summed E-state index contributed by atoms with van der Waals surface area (Å²) in [7, 11) is 1.09. The molecule has 0 bridgehead atoms. The predicted octanol–water partition coefficient (Wildman–Crippen LogP) is 4.00. The van der Waals surface area contributed by atoms with Gasteiger partial charge in [0.1, 0.15) is 0 Å². The summed E-state index contributed by atoms with van der Waals surface area (Å²) in [6.07, 6.45) is 0.0766. The van der Waals surface area contributed by atoms with E-state index < -0.39 is 7.92 Å². The second kappa shape index (κ2) is 9.64. The van der Waals surface area contributed by atoms with Crippen LogP contribution in [-0.4, -0.2) is 19.8 Å². The largest absolute Gasteiger partial charge is 0.382 e. The molecule has 0 aromatic heterocycles. The SMILES string of the molecule is COCC(C)OCc1ccccc1P(c1ccccc1)c1ccccc1. The molecule has 2 nitrogen and oxygen atoms in total. The number of rotatable bonds is 8. The lowest BCUT2D eigenvalue weighted by molar-refractivity contribution is 0.000171. The van der Waals surface area contributed by atoms with E-state index >= 15 is 0 Å². The lowest BCUT2D eigenvalue weighted by Crippen LogP contribution is -2.24. The summed E-state index contributed by atoms with van der Waals surface area (Å²) in [5, 5.41) is 4.06. The van der Waals surface area contributed by atoms with Crippen molar-refractivity contribution in [2.75, 3.05) is 13.7 Å². The highest BCUT2D eigenvalue weighted by atomic mass is 31.1. The standard InChI is InChI=1S/C23H25O2P/c1-19(17-24-2)25-18-20-11-9-10-16-23(20)26(21-12-5-3-6-13-21)22-14-7-4-8-15-22/h3-16,19H,17-18H2,1-2H3. The molecule has 0 amide bonds. The highest BCUT2D eigenvalue weighted by molar-refractivity contribution is 7.79. The van der Waals surface area contributed by atoms with Gasteiger partial charge in [-0.2, -0.15) is 0 Å². The maximum atomic E-state index is 6.02. The van der Waals surface area contributed by atoms with Gasteiger partial charge < -0.3 is 9.47 Å². The van der Waals surface area contributed by atoms with Crippen molar-refractivity contribution < 1.29 is 9.47 Å². The van der Waals surface area contributed by atoms with Crippen LogP contribution in [-0.2, 0) is 16.1 Å². The van der Waals surface area contributed by atoms with Crippen LogP contribution in [0.4, 0.5) is 0 Å². The molecule has 0 fully saturated rings. The molecule has 26 heavy (non-hydrogen) atoms. The molecule has 0 saturated heterocycles. The van der Waals surface area contributed by atoms with Gasteiger partial charge in [0.25, 0.3) is 0 Å². The van der Waals surface area contributed by atoms with Crippen molar-refractivity contribution in [2.45, 2.75) is 19.6 Å². The number of hydrogen-bond donors (Lipinski definition) is 0. The molecule has 3 aromatic carbocycles. The summed E-state index contributed by atoms with van der Waals surface area (Å²) in [6, 6.07) is 30.2. The number of benzene rings is 3. The fourth-order valence-corrected chi connectivity index (χ4v) is 5.40. The molecular weight excluding hydrogens is 339 g/mol. The smallest absolute Gasteiger partial charge is 0.0784 e. The first-order valence-corrected chi connectivity index (χ1v) is 10.2. The number of hydrogen-bond acceptors (Lipinski definition) is 2. The summed E-state index contributed by atoms with van der Waals surface area (Å²) < 4.78 is 11.2. The van der Waals surface area contributed by atoms with E-state index in [-0.39, 0.29) is 6.10 Å². The second-order valence-corrected chi connectivity index (χ2v) is 8.40. The van der Waals surface area contributed by atoms with Gasteiger partial charge in [-0.3, -0.25) is 0 Å². The van der Waals surface area contributed by atoms with Crippen molar-refractivity contribution >= 4 is 23.8 Å². The van der Waals surface area contributed by atoms with Crippen LogP contribution in [0.3, 0.4) is 0 Å². The van der Waals surface area contributed by atoms with Crippen molar-refractivity contribution in [2.24, 2.45) is 0 Å². The first-order valence-electron chi connectivity index (χ1n) is 8.88. The molecule has 3 aromatic rings. The quantitative estimate of drug-likeness (QED) is 0.563. The maximum Gasteiger partial charge on any atom is 0.0784 e. The zero-order valence-corrected chi connectivity index (χ0v) is 16.2. The highest BCUT2D eigenvalue weighted by Gasteiger charge is 2.19. The zero-order valence-electron chi connectivity index (χ0n) is 15.3. The van der Waals surface area contributed by atoms with Crippen molar-refractivity contribution in [1.29, 1.82) is 0 Å². The third kappa shape index (κ3) is 4.80. The van der Waals surface area contributed by atoms with E-state index in [1.807, 2.05) is 6.92 Å². The first kappa shape index (κ1) is 18.8. The van der Waals surface area contributed by atoms with Crippen LogP contribution in [0, 0.1) is 0 Å². The predicted molar refractivity (Wildman–Crippen MR) is 111 cm³/mol. The molecule has 3 rings (SSSR count). The summed E-state index contributed by atoms with van der Waals surface area (Å²) >= 11 is 0. The number of methoxy groups -OCH3 is 1. The average Bonchev–Trinajstić information content (AvgIpc) is 2.69. The van der Waals surface area contributed by atoms with Crippen molar-refractivity contribution in [3.63, 3.8) is 0 Å². The Hall–Kier alpha value is -1.99. The summed E-state index contributed by atoms with van der Waals surface area (Å²) in [5.74, 6) is 0. The third-order valence-electron chi connectivity index (χ3n) is 4.19. The normalized spacial score (nSPS) is 12.3. The van der Waals surface area contributed by atoms with E-state index in [0.29, 0.717) is 13.2 Å². The zero-order chi connectivity index (χ0) is 18.2. The van der Waals surface area contributed by atoms with Crippen molar-refractivity contribution in [3.8, 4) is 0 Å². The van der Waals surface area contributed by atoms with Crippen LogP contribution in [0.15, 0.2) is 84.9 Å². The molecule has 0 spiro atoms. The second-order valence-electron chi connectivity index (χ2n) is 6.21. The lowest BCUT2D eigenvalue weighted by atomic mass is 10.2. The molecule has 3 heteroatoms. The van der Waals surface area contributed by atoms with Gasteiger partial charge in [0, 0.05) is 7.11 Å². The fraction of sp³-hybridized carbons (Fsp3) is 0.217. The van der Waals surface area contributed by atoms with E-state index in [1.54, 1.807) is 7.11 Å². The average molecular weight is 364 g/mol. The minimum Gasteiger partial charge on any atom is -0.382 e. The van der Waals surface area contributed by atoms with Gasteiger partial charge >= 0.3 is 0 Å². The van der Waals surface area contributed by atoms with Crippen LogP contribution in [0.5, 0.6) is 0 Å². The minimum atomic E-state index is -0.617. The van der Waals surface area contributed by atoms with Crippen LogP contribution in [0.25, 0.3) is 0 Å². The van der Waals surface area contributed by atoms with E-state index in [2.05, 4.69) is 84.9 Å². The Bertz CT molecular complexity index is 750. The van der Waals surface area contributed by atoms with Gasteiger partial charge in [0.05, 0.1) is 19.3 Å². The fourth-order valence-electron chi connectivity index (χ4n) is 2.95. The van der Waals surface area contributed by atoms with Crippen molar-refractivity contribution in [1.82, 2.24) is 0 Å². The first-order chi connectivity index (χ1) is 12.8. The molecule has 1 atom stereocenters. The highest BCUT2D eigenvalue weighted by Crippen LogP contribution is 2.34. The maximum absolute atomic E-state index is 6.02. The third-order valence-corrected chi connectivity index (χ3v) is 6.73. The monoisotopic (exact) mass is 364 g/mol. The minimum absolute atomic E-state index is 0.0766. The van der Waals surface area contributed by atoms with Gasteiger partial charge in [0.2, 0.25) is 0 Å². The summed E-state index contributed by atoms with van der Waals surface area (Å²) in [4.78, 5) is 0. The molecule has 0 saturated carbocycles. The Labute approximate surface area is 157 Å². The molecule has 134 valence electrons. The Balaban J connectivity index is 1.97. The molecule has 0 aliphatic heterocycles. The molecule has 0 aliphatic rings. The van der Waals surface area contributed by atoms with Gasteiger partial charge in [-0.05, 0) is 36.3 Å². The molecule has 0 N–H and O–H groups in total. The lowest BCUT2D eigenvalue weighted by Gasteiger charge is -2.23. The van der Waals surface area contributed by atoms with Gasteiger partial charge in [-0.1, -0.05) is 84.9 Å². The van der Waals surface area contributed by atoms with E-state index in [0.717, 1.165) is 0 Å². The van der Waals surface area contributed by atoms with Crippen LogP contribution in [0.1, 0.15) is 12.5 Å². The van der Waals surface area contributed by atoms with Crippen LogP contribution >= 0.6 is 7.92 Å². The Kier molecular flexibility index (Phi) is 6.96. The molecule has 0 heterocycles. The van der Waals surface area contributed by atoms with Crippen molar-refractivity contribution in [3.05, 3.63) is 90.5 Å². The van der Waals surface area contributed by atoms with Crippen LogP contribution in [0.2, 0.25) is 0 Å². The van der Waals surface area contributed by atoms with Gasteiger partial charge in [0.15, 0.2) is 0 Å². The van der Waals surface area contributed by atoms with E-state index in [9.17, 15) is 0 Å². The summed E-state index contributed by atoms with van der Waals surface area (Å²) in [6.45, 7) is 3.25.